The van der Waals surface area contributed by atoms with Crippen LogP contribution in [0.15, 0.2) is 66.7 Å². The lowest BCUT2D eigenvalue weighted by molar-refractivity contribution is 0.0600. The second-order valence-electron chi connectivity index (χ2n) is 8.69. The van der Waals surface area contributed by atoms with E-state index in [-0.39, 0.29) is 5.75 Å². The quantitative estimate of drug-likeness (QED) is 0.183. The van der Waals surface area contributed by atoms with Gasteiger partial charge in [0.25, 0.3) is 0 Å². The van der Waals surface area contributed by atoms with Crippen molar-refractivity contribution < 1.29 is 24.1 Å². The Morgan fingerprint density at radius 3 is 1.95 bits per heavy atom. The van der Waals surface area contributed by atoms with E-state index in [1.165, 1.54) is 33.1 Å². The van der Waals surface area contributed by atoms with Crippen molar-refractivity contribution in [2.75, 3.05) is 20.8 Å². The molecule has 8 heteroatoms. The Balaban J connectivity index is 1.69. The first-order valence-electron chi connectivity index (χ1n) is 12.6. The molecular weight excluding hydrogens is 482 g/mol. The molecule has 1 N–H and O–H groups in total. The first kappa shape index (κ1) is 26.6. The molecule has 0 fully saturated rings. The van der Waals surface area contributed by atoms with Crippen molar-refractivity contribution in [2.24, 2.45) is 0 Å². The molecule has 8 nitrogen and oxygen atoms in total. The lowest BCUT2D eigenvalue weighted by atomic mass is 10.1. The van der Waals surface area contributed by atoms with E-state index in [9.17, 15) is 9.90 Å². The summed E-state index contributed by atoms with van der Waals surface area (Å²) >= 11 is 0. The number of nitrogens with zero attached hydrogens (tertiary/aromatic N) is 3. The van der Waals surface area contributed by atoms with Crippen LogP contribution in [-0.4, -0.2) is 46.9 Å². The van der Waals surface area contributed by atoms with Crippen LogP contribution >= 0.6 is 0 Å². The number of unbranched alkanes of at least 4 members (excludes halogenated alkanes) is 3. The monoisotopic (exact) mass is 513 g/mol. The van der Waals surface area contributed by atoms with Gasteiger partial charge in [0.2, 0.25) is 0 Å². The van der Waals surface area contributed by atoms with Crippen LogP contribution in [0.3, 0.4) is 0 Å². The maximum Gasteiger partial charge on any atom is 0.337 e. The van der Waals surface area contributed by atoms with Crippen molar-refractivity contribution in [3.8, 4) is 51.4 Å². The van der Waals surface area contributed by atoms with E-state index in [1.54, 1.807) is 36.4 Å². The highest BCUT2D eigenvalue weighted by Gasteiger charge is 2.16. The summed E-state index contributed by atoms with van der Waals surface area (Å²) < 4.78 is 15.9. The molecule has 0 bridgehead atoms. The molecule has 0 unspecified atom stereocenters. The second kappa shape index (κ2) is 12.7. The van der Waals surface area contributed by atoms with Crippen LogP contribution in [-0.2, 0) is 4.74 Å². The maximum atomic E-state index is 11.9. The van der Waals surface area contributed by atoms with Gasteiger partial charge in [-0.15, -0.1) is 0 Å². The fourth-order valence-electron chi connectivity index (χ4n) is 3.87. The lowest BCUT2D eigenvalue weighted by Crippen LogP contribution is -2.02. The lowest BCUT2D eigenvalue weighted by Gasteiger charge is -2.11. The molecule has 0 amide bonds. The maximum absolute atomic E-state index is 11.9. The van der Waals surface area contributed by atoms with Crippen LogP contribution in [0.1, 0.15) is 43.0 Å². The first-order chi connectivity index (χ1) is 18.5. The number of phenolic OH excluding ortho intramolecular Hbond substituents is 1. The van der Waals surface area contributed by atoms with Crippen molar-refractivity contribution in [2.45, 2.75) is 32.6 Å². The molecule has 4 aromatic rings. The Hall–Kier alpha value is -4.46. The molecule has 3 aromatic carbocycles. The summed E-state index contributed by atoms with van der Waals surface area (Å²) in [4.78, 5) is 25.8. The Kier molecular flexibility index (Phi) is 8.87. The summed E-state index contributed by atoms with van der Waals surface area (Å²) in [5.41, 5.74) is 2.31. The minimum absolute atomic E-state index is 0.0136. The number of methoxy groups -OCH3 is 2. The number of aromatic nitrogens is 3. The summed E-state index contributed by atoms with van der Waals surface area (Å²) in [5, 5.41) is 10.6. The number of ether oxygens (including phenoxy) is 3. The fourth-order valence-corrected chi connectivity index (χ4v) is 3.87. The highest BCUT2D eigenvalue weighted by molar-refractivity contribution is 5.89. The molecule has 196 valence electrons. The minimum Gasteiger partial charge on any atom is -0.507 e. The summed E-state index contributed by atoms with van der Waals surface area (Å²) in [7, 11) is 2.87. The number of carbonyl (C=O) groups is 1. The standard InChI is InChI=1S/C30H31N3O5/c1-4-5-6-7-18-38-23-14-12-21(13-15-23)28-31-27(20-8-10-22(11-9-20)30(35)37-3)32-29(33-28)25-17-16-24(36-2)19-26(25)34/h8-17,19,34H,4-7,18H2,1-3H3. The van der Waals surface area contributed by atoms with E-state index in [0.717, 1.165) is 24.2 Å². The van der Waals surface area contributed by atoms with Gasteiger partial charge in [0.15, 0.2) is 17.5 Å². The van der Waals surface area contributed by atoms with Gasteiger partial charge in [0.1, 0.15) is 17.2 Å². The Morgan fingerprint density at radius 1 is 0.763 bits per heavy atom. The first-order valence-corrected chi connectivity index (χ1v) is 12.6. The van der Waals surface area contributed by atoms with Crippen LogP contribution in [0.2, 0.25) is 0 Å². The molecule has 38 heavy (non-hydrogen) atoms. The van der Waals surface area contributed by atoms with Crippen LogP contribution in [0, 0.1) is 0 Å². The smallest absolute Gasteiger partial charge is 0.337 e. The number of esters is 1. The van der Waals surface area contributed by atoms with Gasteiger partial charge in [0.05, 0.1) is 32.0 Å². The zero-order valence-corrected chi connectivity index (χ0v) is 21.8. The highest BCUT2D eigenvalue weighted by Crippen LogP contribution is 2.33. The normalized spacial score (nSPS) is 10.7. The number of hydrogen-bond acceptors (Lipinski definition) is 8. The van der Waals surface area contributed by atoms with Crippen molar-refractivity contribution in [3.05, 3.63) is 72.3 Å². The Labute approximate surface area is 222 Å². The van der Waals surface area contributed by atoms with Crippen LogP contribution < -0.4 is 9.47 Å². The molecule has 0 aliphatic rings. The summed E-state index contributed by atoms with van der Waals surface area (Å²) in [6.07, 6.45) is 4.58. The summed E-state index contributed by atoms with van der Waals surface area (Å²) in [5.74, 6) is 2.00. The Bertz CT molecular complexity index is 1370. The highest BCUT2D eigenvalue weighted by atomic mass is 16.5. The van der Waals surface area contributed by atoms with Crippen LogP contribution in [0.25, 0.3) is 34.2 Å². The van der Waals surface area contributed by atoms with Crippen molar-refractivity contribution in [1.82, 2.24) is 15.0 Å². The van der Waals surface area contributed by atoms with E-state index in [2.05, 4.69) is 16.9 Å². The molecule has 0 saturated carbocycles. The van der Waals surface area contributed by atoms with E-state index >= 15 is 0 Å². The minimum atomic E-state index is -0.426. The van der Waals surface area contributed by atoms with Gasteiger partial charge in [-0.2, -0.15) is 0 Å². The third-order valence-electron chi connectivity index (χ3n) is 6.02. The van der Waals surface area contributed by atoms with Gasteiger partial charge in [-0.25, -0.2) is 19.7 Å². The molecular formula is C30H31N3O5. The zero-order valence-electron chi connectivity index (χ0n) is 21.8. The number of rotatable bonds is 11. The molecule has 0 aliphatic heterocycles. The van der Waals surface area contributed by atoms with E-state index in [0.29, 0.717) is 46.5 Å². The number of carbonyl (C=O) groups excluding carboxylic acids is 1. The number of phenols is 1. The number of hydrogen-bond donors (Lipinski definition) is 1. The number of aromatic hydroxyl groups is 1. The molecule has 0 atom stereocenters. The van der Waals surface area contributed by atoms with Crippen molar-refractivity contribution >= 4 is 5.97 Å². The van der Waals surface area contributed by atoms with Gasteiger partial charge in [-0.05, 0) is 55.0 Å². The van der Waals surface area contributed by atoms with Gasteiger partial charge in [-0.3, -0.25) is 0 Å². The third-order valence-corrected chi connectivity index (χ3v) is 6.02. The van der Waals surface area contributed by atoms with E-state index < -0.39 is 5.97 Å². The van der Waals surface area contributed by atoms with Crippen molar-refractivity contribution in [1.29, 1.82) is 0 Å². The number of benzene rings is 3. The fraction of sp³-hybridized carbons (Fsp3) is 0.267. The topological polar surface area (TPSA) is 104 Å². The largest absolute Gasteiger partial charge is 0.507 e. The predicted octanol–water partition coefficient (Wildman–Crippen LogP) is 6.33. The van der Waals surface area contributed by atoms with Crippen molar-refractivity contribution in [3.63, 3.8) is 0 Å². The zero-order chi connectivity index (χ0) is 26.9. The SMILES string of the molecule is CCCCCCOc1ccc(-c2nc(-c3ccc(C(=O)OC)cc3)nc(-c3ccc(OC)cc3O)n2)cc1. The average molecular weight is 514 g/mol. The molecule has 0 radical (unpaired) electrons. The second-order valence-corrected chi connectivity index (χ2v) is 8.69. The van der Waals surface area contributed by atoms with Crippen LogP contribution in [0.5, 0.6) is 17.2 Å². The van der Waals surface area contributed by atoms with Gasteiger partial charge in [-0.1, -0.05) is 38.3 Å². The average Bonchev–Trinajstić information content (AvgIpc) is 2.96. The predicted molar refractivity (Wildman–Crippen MR) is 145 cm³/mol. The summed E-state index contributed by atoms with van der Waals surface area (Å²) in [6.45, 7) is 2.86. The van der Waals surface area contributed by atoms with E-state index in [1.807, 2.05) is 24.3 Å². The molecule has 1 aromatic heterocycles. The van der Waals surface area contributed by atoms with Gasteiger partial charge < -0.3 is 19.3 Å². The third kappa shape index (κ3) is 6.45. The molecule has 4 rings (SSSR count). The van der Waals surface area contributed by atoms with Crippen LogP contribution in [0.4, 0.5) is 0 Å². The molecule has 1 heterocycles. The molecule has 0 spiro atoms. The van der Waals surface area contributed by atoms with E-state index in [4.69, 9.17) is 19.2 Å². The van der Waals surface area contributed by atoms with Gasteiger partial charge in [0, 0.05) is 17.2 Å². The summed E-state index contributed by atoms with van der Waals surface area (Å²) in [6, 6.07) is 19.3. The molecule has 0 saturated heterocycles. The Morgan fingerprint density at radius 2 is 1.37 bits per heavy atom. The molecule has 0 aliphatic carbocycles. The van der Waals surface area contributed by atoms with Gasteiger partial charge >= 0.3 is 5.97 Å².